The lowest BCUT2D eigenvalue weighted by molar-refractivity contribution is -0.138. The van der Waals surface area contributed by atoms with E-state index < -0.39 is 5.97 Å². The highest BCUT2D eigenvalue weighted by atomic mass is 16.5. The monoisotopic (exact) mass is 295 g/mol. The van der Waals surface area contributed by atoms with Gasteiger partial charge in [0.25, 0.3) is 0 Å². The zero-order chi connectivity index (χ0) is 16.0. The molecule has 118 valence electrons. The SMILES string of the molecule is COc1c(C)cc(C)cc1CC(CC(=O)O)N(C)CCO. The summed E-state index contributed by atoms with van der Waals surface area (Å²) in [4.78, 5) is 13.0. The molecule has 1 unspecified atom stereocenters. The van der Waals surface area contributed by atoms with Crippen molar-refractivity contribution in [3.63, 3.8) is 0 Å². The van der Waals surface area contributed by atoms with Gasteiger partial charge in [0.1, 0.15) is 5.75 Å². The highest BCUT2D eigenvalue weighted by Gasteiger charge is 2.21. The third-order valence-corrected chi connectivity index (χ3v) is 3.64. The van der Waals surface area contributed by atoms with E-state index >= 15 is 0 Å². The van der Waals surface area contributed by atoms with E-state index in [1.165, 1.54) is 0 Å². The van der Waals surface area contributed by atoms with Gasteiger partial charge < -0.3 is 19.8 Å². The topological polar surface area (TPSA) is 70.0 Å². The van der Waals surface area contributed by atoms with Crippen LogP contribution in [0.2, 0.25) is 0 Å². The Labute approximate surface area is 126 Å². The minimum absolute atomic E-state index is 0.0105. The number of methoxy groups -OCH3 is 1. The number of nitrogens with zero attached hydrogens (tertiary/aromatic N) is 1. The molecule has 0 aliphatic rings. The van der Waals surface area contributed by atoms with Crippen LogP contribution >= 0.6 is 0 Å². The second-order valence-corrected chi connectivity index (χ2v) is 5.43. The van der Waals surface area contributed by atoms with Gasteiger partial charge >= 0.3 is 5.97 Å². The van der Waals surface area contributed by atoms with E-state index in [-0.39, 0.29) is 19.1 Å². The minimum Gasteiger partial charge on any atom is -0.496 e. The molecule has 0 spiro atoms. The number of aliphatic hydroxyl groups excluding tert-OH is 1. The van der Waals surface area contributed by atoms with E-state index in [1.54, 1.807) is 7.11 Å². The number of rotatable bonds is 8. The van der Waals surface area contributed by atoms with Crippen molar-refractivity contribution in [1.29, 1.82) is 0 Å². The summed E-state index contributed by atoms with van der Waals surface area (Å²) in [7, 11) is 3.46. The van der Waals surface area contributed by atoms with E-state index in [0.717, 1.165) is 22.4 Å². The number of ether oxygens (including phenoxy) is 1. The summed E-state index contributed by atoms with van der Waals surface area (Å²) in [5.74, 6) is -0.0264. The molecule has 0 aliphatic heterocycles. The summed E-state index contributed by atoms with van der Waals surface area (Å²) < 4.78 is 5.46. The fourth-order valence-electron chi connectivity index (χ4n) is 2.67. The number of benzene rings is 1. The molecule has 0 heterocycles. The second-order valence-electron chi connectivity index (χ2n) is 5.43. The fourth-order valence-corrected chi connectivity index (χ4v) is 2.67. The summed E-state index contributed by atoms with van der Waals surface area (Å²) in [5.41, 5.74) is 3.18. The highest BCUT2D eigenvalue weighted by molar-refractivity contribution is 5.67. The first-order valence-corrected chi connectivity index (χ1v) is 7.06. The Kier molecular flexibility index (Phi) is 6.65. The largest absolute Gasteiger partial charge is 0.496 e. The van der Waals surface area contributed by atoms with Crippen molar-refractivity contribution in [3.05, 3.63) is 28.8 Å². The number of hydrogen-bond acceptors (Lipinski definition) is 4. The van der Waals surface area contributed by atoms with Crippen molar-refractivity contribution in [3.8, 4) is 5.75 Å². The number of aliphatic hydroxyl groups is 1. The third-order valence-electron chi connectivity index (χ3n) is 3.64. The molecular formula is C16H25NO4. The first kappa shape index (κ1) is 17.5. The molecule has 0 saturated carbocycles. The van der Waals surface area contributed by atoms with Gasteiger partial charge in [-0.3, -0.25) is 4.79 Å². The Balaban J connectivity index is 3.04. The molecule has 1 aromatic carbocycles. The Morgan fingerprint density at radius 3 is 2.57 bits per heavy atom. The number of aliphatic carboxylic acids is 1. The maximum atomic E-state index is 11.1. The summed E-state index contributed by atoms with van der Waals surface area (Å²) >= 11 is 0. The lowest BCUT2D eigenvalue weighted by Crippen LogP contribution is -2.37. The molecule has 5 nitrogen and oxygen atoms in total. The van der Waals surface area contributed by atoms with Gasteiger partial charge in [0.2, 0.25) is 0 Å². The lowest BCUT2D eigenvalue weighted by Gasteiger charge is -2.27. The average Bonchev–Trinajstić information content (AvgIpc) is 2.37. The van der Waals surface area contributed by atoms with Crippen molar-refractivity contribution in [2.45, 2.75) is 32.7 Å². The van der Waals surface area contributed by atoms with E-state index in [4.69, 9.17) is 14.9 Å². The molecule has 2 N–H and O–H groups in total. The molecule has 0 aliphatic carbocycles. The van der Waals surface area contributed by atoms with Gasteiger partial charge in [-0.25, -0.2) is 0 Å². The second kappa shape index (κ2) is 8.00. The zero-order valence-electron chi connectivity index (χ0n) is 13.2. The smallest absolute Gasteiger partial charge is 0.304 e. The number of carbonyl (C=O) groups is 1. The molecule has 21 heavy (non-hydrogen) atoms. The number of carboxylic acid groups (broad SMARTS) is 1. The predicted octanol–water partition coefficient (Wildman–Crippen LogP) is 1.62. The molecule has 5 heteroatoms. The lowest BCUT2D eigenvalue weighted by atomic mass is 9.97. The molecule has 1 rings (SSSR count). The molecule has 0 saturated heterocycles. The van der Waals surface area contributed by atoms with Gasteiger partial charge in [-0.1, -0.05) is 17.7 Å². The van der Waals surface area contributed by atoms with Crippen molar-refractivity contribution in [2.24, 2.45) is 0 Å². The molecule has 1 aromatic rings. The van der Waals surface area contributed by atoms with Gasteiger partial charge in [-0.2, -0.15) is 0 Å². The van der Waals surface area contributed by atoms with Crippen LogP contribution in [0.5, 0.6) is 5.75 Å². The van der Waals surface area contributed by atoms with Crippen LogP contribution in [-0.2, 0) is 11.2 Å². The molecule has 0 aromatic heterocycles. The van der Waals surface area contributed by atoms with Crippen LogP contribution in [0.15, 0.2) is 12.1 Å². The standard InChI is InChI=1S/C16H25NO4/c1-11-7-12(2)16(21-4)13(8-11)9-14(10-15(19)20)17(3)5-6-18/h7-8,14,18H,5-6,9-10H2,1-4H3,(H,19,20). The molecule has 0 fully saturated rings. The van der Waals surface area contributed by atoms with Crippen LogP contribution in [0.3, 0.4) is 0 Å². The Morgan fingerprint density at radius 2 is 2.05 bits per heavy atom. The van der Waals surface area contributed by atoms with Crippen LogP contribution < -0.4 is 4.74 Å². The van der Waals surface area contributed by atoms with E-state index in [0.29, 0.717) is 13.0 Å². The summed E-state index contributed by atoms with van der Waals surface area (Å²) in [6.07, 6.45) is 0.612. The minimum atomic E-state index is -0.840. The van der Waals surface area contributed by atoms with Gasteiger partial charge in [-0.15, -0.1) is 0 Å². The molecular weight excluding hydrogens is 270 g/mol. The Morgan fingerprint density at radius 1 is 1.38 bits per heavy atom. The number of carboxylic acids is 1. The van der Waals surface area contributed by atoms with Crippen molar-refractivity contribution in [2.75, 3.05) is 27.3 Å². The number of hydrogen-bond donors (Lipinski definition) is 2. The Hall–Kier alpha value is -1.59. The first-order valence-electron chi connectivity index (χ1n) is 7.06. The molecule has 0 bridgehead atoms. The van der Waals surface area contributed by atoms with Crippen LogP contribution in [0.4, 0.5) is 0 Å². The van der Waals surface area contributed by atoms with Crippen molar-refractivity contribution < 1.29 is 19.7 Å². The quantitative estimate of drug-likeness (QED) is 0.762. The van der Waals surface area contributed by atoms with Gasteiger partial charge in [0.15, 0.2) is 0 Å². The predicted molar refractivity (Wildman–Crippen MR) is 81.9 cm³/mol. The van der Waals surface area contributed by atoms with Gasteiger partial charge in [0, 0.05) is 12.6 Å². The van der Waals surface area contributed by atoms with Crippen molar-refractivity contribution in [1.82, 2.24) is 4.90 Å². The third kappa shape index (κ3) is 5.02. The maximum Gasteiger partial charge on any atom is 0.304 e. The molecule has 1 atom stereocenters. The first-order chi connectivity index (χ1) is 9.88. The van der Waals surface area contributed by atoms with Crippen LogP contribution in [0.1, 0.15) is 23.1 Å². The molecule has 0 amide bonds. The zero-order valence-corrected chi connectivity index (χ0v) is 13.2. The van der Waals surface area contributed by atoms with Gasteiger partial charge in [-0.05, 0) is 38.4 Å². The normalized spacial score (nSPS) is 12.5. The molecule has 0 radical (unpaired) electrons. The van der Waals surface area contributed by atoms with Crippen LogP contribution in [0.25, 0.3) is 0 Å². The van der Waals surface area contributed by atoms with E-state index in [9.17, 15) is 4.79 Å². The summed E-state index contributed by atoms with van der Waals surface area (Å²) in [5, 5.41) is 18.2. The van der Waals surface area contributed by atoms with Crippen LogP contribution in [0, 0.1) is 13.8 Å². The summed E-state index contributed by atoms with van der Waals surface area (Å²) in [6, 6.07) is 3.91. The van der Waals surface area contributed by atoms with Gasteiger partial charge in [0.05, 0.1) is 20.1 Å². The average molecular weight is 295 g/mol. The number of aryl methyl sites for hydroxylation is 2. The Bertz CT molecular complexity index is 487. The van der Waals surface area contributed by atoms with Crippen molar-refractivity contribution >= 4 is 5.97 Å². The van der Waals surface area contributed by atoms with Crippen LogP contribution in [-0.4, -0.2) is 54.4 Å². The maximum absolute atomic E-state index is 11.1. The summed E-state index contributed by atoms with van der Waals surface area (Å²) in [6.45, 7) is 4.46. The van der Waals surface area contributed by atoms with E-state index in [1.807, 2.05) is 37.9 Å². The van der Waals surface area contributed by atoms with E-state index in [2.05, 4.69) is 0 Å². The number of likely N-dealkylation sites (N-methyl/N-ethyl adjacent to an activating group) is 1. The highest BCUT2D eigenvalue weighted by Crippen LogP contribution is 2.27. The fraction of sp³-hybridized carbons (Fsp3) is 0.562.